The molecule has 4 aromatic heterocycles. The number of nitrogens with zero attached hydrogens (tertiary/aromatic N) is 9. The third-order valence-electron chi connectivity index (χ3n) is 12.8. The Bertz CT molecular complexity index is 2880. The Balaban J connectivity index is 0.000000179. The van der Waals surface area contributed by atoms with Gasteiger partial charge in [-0.2, -0.15) is 0 Å². The summed E-state index contributed by atoms with van der Waals surface area (Å²) in [6.45, 7) is 20.2. The van der Waals surface area contributed by atoms with Crippen LogP contribution < -0.4 is 35.6 Å². The zero-order chi connectivity index (χ0) is 49.8. The molecule has 0 radical (unpaired) electrons. The van der Waals surface area contributed by atoms with Crippen molar-refractivity contribution >= 4 is 73.7 Å². The number of benzene rings is 2. The summed E-state index contributed by atoms with van der Waals surface area (Å²) in [5, 5.41) is 10.5. The van der Waals surface area contributed by atoms with Crippen molar-refractivity contribution in [2.75, 3.05) is 135 Å². The fraction of sp³-hybridized carbons (Fsp3) is 0.431. The summed E-state index contributed by atoms with van der Waals surface area (Å²) in [7, 11) is 0. The highest BCUT2D eigenvalue weighted by Gasteiger charge is 2.29. The van der Waals surface area contributed by atoms with Crippen LogP contribution in [0.25, 0.3) is 21.8 Å². The Labute approximate surface area is 410 Å². The molecule has 3 N–H and O–H groups in total. The van der Waals surface area contributed by atoms with Crippen LogP contribution in [0.5, 0.6) is 0 Å². The molecule has 2 aromatic carbocycles. The van der Waals surface area contributed by atoms with Gasteiger partial charge in [0.1, 0.15) is 40.5 Å². The van der Waals surface area contributed by atoms with E-state index in [0.717, 1.165) is 98.5 Å². The summed E-state index contributed by atoms with van der Waals surface area (Å²) in [5.74, 6) is -1.32. The van der Waals surface area contributed by atoms with Crippen molar-refractivity contribution in [3.63, 3.8) is 0 Å². The molecule has 20 heteroatoms. The molecular weight excluding hydrogens is 921 g/mol. The number of amides is 1. The predicted octanol–water partition coefficient (Wildman–Crippen LogP) is 8.06. The molecule has 0 unspecified atom stereocenters. The van der Waals surface area contributed by atoms with E-state index in [1.54, 1.807) is 23.5 Å². The Morgan fingerprint density at radius 1 is 0.592 bits per heavy atom. The van der Waals surface area contributed by atoms with Gasteiger partial charge in [0, 0.05) is 114 Å². The largest absolute Gasteiger partial charge is 0.444 e. The molecule has 0 aliphatic carbocycles. The van der Waals surface area contributed by atoms with Gasteiger partial charge in [0.15, 0.2) is 0 Å². The maximum absolute atomic E-state index is 15.2. The maximum atomic E-state index is 15.2. The van der Waals surface area contributed by atoms with E-state index in [9.17, 15) is 18.0 Å². The summed E-state index contributed by atoms with van der Waals surface area (Å²) in [6, 6.07) is 8.27. The highest BCUT2D eigenvalue weighted by atomic mass is 19.1. The molecule has 0 spiro atoms. The summed E-state index contributed by atoms with van der Waals surface area (Å²) in [6.07, 6.45) is 6.64. The van der Waals surface area contributed by atoms with Crippen LogP contribution in [0, 0.1) is 37.1 Å². The number of aromatic nitrogens is 4. The predicted molar refractivity (Wildman–Crippen MR) is 269 cm³/mol. The fourth-order valence-electron chi connectivity index (χ4n) is 9.29. The van der Waals surface area contributed by atoms with Crippen LogP contribution in [0.1, 0.15) is 31.9 Å². The Hall–Kier alpha value is -6.77. The van der Waals surface area contributed by atoms with Crippen LogP contribution in [0.3, 0.4) is 0 Å². The molecule has 71 heavy (non-hydrogen) atoms. The minimum Gasteiger partial charge on any atom is -0.444 e. The van der Waals surface area contributed by atoms with Crippen molar-refractivity contribution in [2.45, 2.75) is 40.2 Å². The molecule has 4 fully saturated rings. The molecule has 4 aliphatic heterocycles. The van der Waals surface area contributed by atoms with E-state index in [-0.39, 0.29) is 22.4 Å². The van der Waals surface area contributed by atoms with Crippen molar-refractivity contribution in [1.29, 1.82) is 0 Å². The molecule has 4 saturated heterocycles. The number of hydrogen-bond donors (Lipinski definition) is 3. The van der Waals surface area contributed by atoms with Crippen LogP contribution in [0.4, 0.5) is 68.1 Å². The molecule has 8 heterocycles. The highest BCUT2D eigenvalue weighted by molar-refractivity contribution is 5.99. The van der Waals surface area contributed by atoms with Crippen molar-refractivity contribution in [2.24, 2.45) is 0 Å². The summed E-state index contributed by atoms with van der Waals surface area (Å²) < 4.78 is 74.8. The molecule has 0 bridgehead atoms. The van der Waals surface area contributed by atoms with Crippen molar-refractivity contribution < 1.29 is 36.6 Å². The first kappa shape index (κ1) is 49.2. The first-order chi connectivity index (χ1) is 34.2. The maximum Gasteiger partial charge on any atom is 0.410 e. The standard InChI is InChI=1S/C28H34F2N6O3.C23H26F2N6O/c1-18-25(32-20-15-21(17-31-16-20)34-9-11-38-12-10-34)24-22(30)13-19(29)14-23(24)33-26(18)35-5-7-36(8-6-35)27(37)39-28(2,3)4;1-15-22(28-17-12-18(14-27-13-17)30-6-8-32-9-7-30)21-19(25)10-16(24)11-20(21)29-23(15)31-4-2-26-3-5-31/h13-17H,5-12H2,1-4H3,(H,32,33);10-14,26H,2-9H2,1H3,(H,28,29). The first-order valence-corrected chi connectivity index (χ1v) is 24.1. The normalized spacial score (nSPS) is 16.8. The number of piperazine rings is 2. The van der Waals surface area contributed by atoms with Crippen LogP contribution in [-0.4, -0.2) is 141 Å². The second-order valence-electron chi connectivity index (χ2n) is 18.9. The number of pyridine rings is 4. The summed E-state index contributed by atoms with van der Waals surface area (Å²) in [5.41, 5.74) is 5.88. The van der Waals surface area contributed by atoms with Crippen molar-refractivity contribution in [3.8, 4) is 0 Å². The van der Waals surface area contributed by atoms with Gasteiger partial charge in [-0.05, 0) is 46.8 Å². The van der Waals surface area contributed by atoms with Gasteiger partial charge in [0.05, 0.1) is 107 Å². The SMILES string of the molecule is Cc1c(N2CCN(C(=O)OC(C)(C)C)CC2)nc2cc(F)cc(F)c2c1Nc1cncc(N2CCOCC2)c1.Cc1c(N2CCNCC2)nc2cc(F)cc(F)c2c1Nc1cncc(N2CCOCC2)c1. The number of morpholine rings is 2. The van der Waals surface area contributed by atoms with E-state index in [2.05, 4.69) is 50.6 Å². The number of ether oxygens (including phenoxy) is 3. The lowest BCUT2D eigenvalue weighted by atomic mass is 10.1. The average Bonchev–Trinajstić information content (AvgIpc) is 3.36. The minimum atomic E-state index is -0.695. The molecule has 10 rings (SSSR count). The van der Waals surface area contributed by atoms with Gasteiger partial charge < -0.3 is 54.7 Å². The first-order valence-electron chi connectivity index (χ1n) is 24.1. The lowest BCUT2D eigenvalue weighted by Gasteiger charge is -2.37. The molecule has 1 amide bonds. The van der Waals surface area contributed by atoms with Crippen LogP contribution in [0.2, 0.25) is 0 Å². The van der Waals surface area contributed by atoms with E-state index >= 15 is 4.39 Å². The van der Waals surface area contributed by atoms with Crippen LogP contribution >= 0.6 is 0 Å². The molecule has 4 aliphatic rings. The number of rotatable bonds is 8. The number of carbonyl (C=O) groups excluding carboxylic acids is 1. The highest BCUT2D eigenvalue weighted by Crippen LogP contribution is 2.39. The van der Waals surface area contributed by atoms with Gasteiger partial charge in [-0.3, -0.25) is 9.97 Å². The Morgan fingerprint density at radius 2 is 1.03 bits per heavy atom. The number of carbonyl (C=O) groups is 1. The monoisotopic (exact) mass is 980 g/mol. The third-order valence-corrected chi connectivity index (χ3v) is 12.8. The average molecular weight is 981 g/mol. The molecule has 0 saturated carbocycles. The van der Waals surface area contributed by atoms with Gasteiger partial charge >= 0.3 is 6.09 Å². The third kappa shape index (κ3) is 11.4. The number of fused-ring (bicyclic) bond motifs is 2. The lowest BCUT2D eigenvalue weighted by Crippen LogP contribution is -2.50. The molecule has 376 valence electrons. The van der Waals surface area contributed by atoms with Crippen molar-refractivity contribution in [3.05, 3.63) is 95.6 Å². The molecule has 6 aromatic rings. The number of anilines is 8. The van der Waals surface area contributed by atoms with Gasteiger partial charge in [-0.1, -0.05) is 0 Å². The number of hydrogen-bond acceptors (Lipinski definition) is 15. The summed E-state index contributed by atoms with van der Waals surface area (Å²) in [4.78, 5) is 40.9. The van der Waals surface area contributed by atoms with Crippen LogP contribution in [-0.2, 0) is 14.2 Å². The van der Waals surface area contributed by atoms with Gasteiger partial charge in [0.25, 0.3) is 0 Å². The van der Waals surface area contributed by atoms with E-state index in [4.69, 9.17) is 14.2 Å². The van der Waals surface area contributed by atoms with E-state index in [0.29, 0.717) is 81.0 Å². The van der Waals surface area contributed by atoms with E-state index in [1.807, 2.05) is 57.8 Å². The van der Waals surface area contributed by atoms with Gasteiger partial charge in [-0.25, -0.2) is 32.3 Å². The zero-order valence-electron chi connectivity index (χ0n) is 40.8. The number of nitrogens with one attached hydrogen (secondary N) is 3. The van der Waals surface area contributed by atoms with Gasteiger partial charge in [-0.15, -0.1) is 0 Å². The molecule has 0 atom stereocenters. The fourth-order valence-corrected chi connectivity index (χ4v) is 9.29. The van der Waals surface area contributed by atoms with Crippen LogP contribution in [0.15, 0.2) is 61.2 Å². The summed E-state index contributed by atoms with van der Waals surface area (Å²) >= 11 is 0. The quantitative estimate of drug-likeness (QED) is 0.126. The van der Waals surface area contributed by atoms with E-state index in [1.165, 1.54) is 12.1 Å². The minimum absolute atomic E-state index is 0.210. The van der Waals surface area contributed by atoms with Crippen molar-refractivity contribution in [1.82, 2.24) is 30.2 Å². The molecular formula is C51H60F4N12O4. The smallest absolute Gasteiger partial charge is 0.410 e. The Morgan fingerprint density at radius 3 is 1.46 bits per heavy atom. The Kier molecular flexibility index (Phi) is 14.8. The zero-order valence-corrected chi connectivity index (χ0v) is 40.8. The second-order valence-corrected chi connectivity index (χ2v) is 18.9. The van der Waals surface area contributed by atoms with Gasteiger partial charge in [0.2, 0.25) is 0 Å². The topological polar surface area (TPSA) is 149 Å². The second kappa shape index (κ2) is 21.3. The lowest BCUT2D eigenvalue weighted by molar-refractivity contribution is 0.0240. The van der Waals surface area contributed by atoms with E-state index < -0.39 is 28.9 Å². The molecule has 16 nitrogen and oxygen atoms in total. The number of halogens is 4.